The molecular formula is C13H17NO2. The molecule has 0 saturated heterocycles. The second kappa shape index (κ2) is 5.01. The van der Waals surface area contributed by atoms with E-state index in [9.17, 15) is 4.79 Å². The molecule has 1 aliphatic carbocycles. The van der Waals surface area contributed by atoms with Crippen LogP contribution in [0.2, 0.25) is 0 Å². The third kappa shape index (κ3) is 2.54. The summed E-state index contributed by atoms with van der Waals surface area (Å²) in [6.07, 6.45) is 3.89. The Morgan fingerprint density at radius 2 is 1.88 bits per heavy atom. The number of carboxylic acid groups (broad SMARTS) is 1. The van der Waals surface area contributed by atoms with Gasteiger partial charge in [-0.25, -0.2) is 0 Å². The minimum atomic E-state index is -0.673. The van der Waals surface area contributed by atoms with Gasteiger partial charge in [0.15, 0.2) is 0 Å². The van der Waals surface area contributed by atoms with Crippen LogP contribution in [0, 0.1) is 5.92 Å². The Morgan fingerprint density at radius 3 is 2.56 bits per heavy atom. The van der Waals surface area contributed by atoms with Gasteiger partial charge in [0.05, 0.1) is 5.92 Å². The van der Waals surface area contributed by atoms with Crippen LogP contribution in [0.1, 0.15) is 25.7 Å². The monoisotopic (exact) mass is 219 g/mol. The Labute approximate surface area is 95.5 Å². The molecule has 1 aromatic rings. The molecule has 2 atom stereocenters. The van der Waals surface area contributed by atoms with Crippen LogP contribution < -0.4 is 5.32 Å². The van der Waals surface area contributed by atoms with Crippen LogP contribution in [0.4, 0.5) is 5.69 Å². The van der Waals surface area contributed by atoms with Gasteiger partial charge < -0.3 is 10.4 Å². The van der Waals surface area contributed by atoms with Crippen molar-refractivity contribution in [2.75, 3.05) is 5.32 Å². The highest BCUT2D eigenvalue weighted by Crippen LogP contribution is 2.27. The summed E-state index contributed by atoms with van der Waals surface area (Å²) in [5, 5.41) is 12.5. The van der Waals surface area contributed by atoms with Crippen molar-refractivity contribution in [1.29, 1.82) is 0 Å². The van der Waals surface area contributed by atoms with Crippen molar-refractivity contribution in [2.24, 2.45) is 5.92 Å². The van der Waals surface area contributed by atoms with E-state index in [0.717, 1.165) is 31.4 Å². The Balaban J connectivity index is 2.04. The zero-order chi connectivity index (χ0) is 11.4. The van der Waals surface area contributed by atoms with Gasteiger partial charge >= 0.3 is 5.97 Å². The smallest absolute Gasteiger partial charge is 0.308 e. The van der Waals surface area contributed by atoms with Gasteiger partial charge in [0.25, 0.3) is 0 Å². The number of hydrogen-bond acceptors (Lipinski definition) is 2. The van der Waals surface area contributed by atoms with Crippen LogP contribution in [0.5, 0.6) is 0 Å². The van der Waals surface area contributed by atoms with Gasteiger partial charge in [-0.1, -0.05) is 31.0 Å². The fourth-order valence-corrected chi connectivity index (χ4v) is 2.35. The molecule has 0 bridgehead atoms. The quantitative estimate of drug-likeness (QED) is 0.821. The average molecular weight is 219 g/mol. The molecule has 0 aromatic heterocycles. The van der Waals surface area contributed by atoms with Crippen molar-refractivity contribution in [1.82, 2.24) is 0 Å². The number of aliphatic carboxylic acids is 1. The molecule has 2 N–H and O–H groups in total. The number of nitrogens with one attached hydrogen (secondary N) is 1. The fourth-order valence-electron chi connectivity index (χ4n) is 2.35. The third-order valence-corrected chi connectivity index (χ3v) is 3.21. The first-order chi connectivity index (χ1) is 7.77. The first-order valence-corrected chi connectivity index (χ1v) is 5.82. The first-order valence-electron chi connectivity index (χ1n) is 5.82. The van der Waals surface area contributed by atoms with Crippen molar-refractivity contribution < 1.29 is 9.90 Å². The summed E-state index contributed by atoms with van der Waals surface area (Å²) in [5.74, 6) is -0.915. The van der Waals surface area contributed by atoms with Gasteiger partial charge in [-0.3, -0.25) is 4.79 Å². The summed E-state index contributed by atoms with van der Waals surface area (Å²) in [7, 11) is 0. The summed E-state index contributed by atoms with van der Waals surface area (Å²) in [6, 6.07) is 9.91. The van der Waals surface area contributed by atoms with Crippen molar-refractivity contribution >= 4 is 11.7 Å². The molecule has 0 unspecified atom stereocenters. The van der Waals surface area contributed by atoms with Gasteiger partial charge in [0, 0.05) is 11.7 Å². The lowest BCUT2D eigenvalue weighted by molar-refractivity contribution is -0.143. The predicted molar refractivity (Wildman–Crippen MR) is 63.4 cm³/mol. The van der Waals surface area contributed by atoms with E-state index in [1.54, 1.807) is 0 Å². The minimum absolute atomic E-state index is 0.0775. The molecule has 16 heavy (non-hydrogen) atoms. The lowest BCUT2D eigenvalue weighted by Gasteiger charge is -2.30. The molecular weight excluding hydrogens is 202 g/mol. The zero-order valence-electron chi connectivity index (χ0n) is 9.23. The second-order valence-electron chi connectivity index (χ2n) is 4.35. The molecule has 0 spiro atoms. The molecule has 1 saturated carbocycles. The predicted octanol–water partition coefficient (Wildman–Crippen LogP) is 2.74. The van der Waals surface area contributed by atoms with E-state index in [0.29, 0.717) is 0 Å². The molecule has 1 fully saturated rings. The number of carboxylic acids is 1. The van der Waals surface area contributed by atoms with E-state index < -0.39 is 5.97 Å². The van der Waals surface area contributed by atoms with Crippen LogP contribution in [0.25, 0.3) is 0 Å². The molecule has 2 rings (SSSR count). The van der Waals surface area contributed by atoms with Crippen molar-refractivity contribution in [3.8, 4) is 0 Å². The zero-order valence-corrected chi connectivity index (χ0v) is 9.23. The maximum Gasteiger partial charge on any atom is 0.308 e. The summed E-state index contributed by atoms with van der Waals surface area (Å²) >= 11 is 0. The van der Waals surface area contributed by atoms with E-state index in [2.05, 4.69) is 5.32 Å². The Hall–Kier alpha value is -1.51. The number of anilines is 1. The van der Waals surface area contributed by atoms with E-state index in [1.165, 1.54) is 0 Å². The lowest BCUT2D eigenvalue weighted by Crippen LogP contribution is -2.37. The topological polar surface area (TPSA) is 49.3 Å². The molecule has 0 aliphatic heterocycles. The SMILES string of the molecule is O=C(O)[C@H]1CCCC[C@H]1Nc1ccccc1. The highest BCUT2D eigenvalue weighted by atomic mass is 16.4. The summed E-state index contributed by atoms with van der Waals surface area (Å²) in [6.45, 7) is 0. The Kier molecular flexibility index (Phi) is 3.44. The van der Waals surface area contributed by atoms with Gasteiger partial charge in [0.1, 0.15) is 0 Å². The van der Waals surface area contributed by atoms with Crippen molar-refractivity contribution in [2.45, 2.75) is 31.7 Å². The summed E-state index contributed by atoms with van der Waals surface area (Å²) in [5.41, 5.74) is 1.01. The van der Waals surface area contributed by atoms with Crippen LogP contribution in [0.3, 0.4) is 0 Å². The maximum atomic E-state index is 11.1. The number of carbonyl (C=O) groups is 1. The Morgan fingerprint density at radius 1 is 1.19 bits per heavy atom. The van der Waals surface area contributed by atoms with Crippen LogP contribution in [-0.2, 0) is 4.79 Å². The van der Waals surface area contributed by atoms with E-state index >= 15 is 0 Å². The number of para-hydroxylation sites is 1. The van der Waals surface area contributed by atoms with E-state index in [1.807, 2.05) is 30.3 Å². The molecule has 0 amide bonds. The number of hydrogen-bond donors (Lipinski definition) is 2. The molecule has 3 nitrogen and oxygen atoms in total. The van der Waals surface area contributed by atoms with Gasteiger partial charge in [-0.05, 0) is 25.0 Å². The molecule has 0 radical (unpaired) electrons. The van der Waals surface area contributed by atoms with Crippen LogP contribution >= 0.6 is 0 Å². The number of rotatable bonds is 3. The van der Waals surface area contributed by atoms with Crippen molar-refractivity contribution in [3.63, 3.8) is 0 Å². The molecule has 1 aliphatic rings. The summed E-state index contributed by atoms with van der Waals surface area (Å²) < 4.78 is 0. The first kappa shape index (κ1) is 11.0. The summed E-state index contributed by atoms with van der Waals surface area (Å²) in [4.78, 5) is 11.1. The fraction of sp³-hybridized carbons (Fsp3) is 0.462. The normalized spacial score (nSPS) is 25.0. The maximum absolute atomic E-state index is 11.1. The van der Waals surface area contributed by atoms with Gasteiger partial charge in [0.2, 0.25) is 0 Å². The van der Waals surface area contributed by atoms with E-state index in [-0.39, 0.29) is 12.0 Å². The van der Waals surface area contributed by atoms with E-state index in [4.69, 9.17) is 5.11 Å². The third-order valence-electron chi connectivity index (χ3n) is 3.21. The lowest BCUT2D eigenvalue weighted by atomic mass is 9.84. The highest BCUT2D eigenvalue weighted by Gasteiger charge is 2.30. The highest BCUT2D eigenvalue weighted by molar-refractivity contribution is 5.71. The van der Waals surface area contributed by atoms with Crippen LogP contribution in [-0.4, -0.2) is 17.1 Å². The standard InChI is InChI=1S/C13H17NO2/c15-13(16)11-8-4-5-9-12(11)14-10-6-2-1-3-7-10/h1-3,6-7,11-12,14H,4-5,8-9H2,(H,15,16)/t11-,12+/m0/s1. The van der Waals surface area contributed by atoms with Crippen molar-refractivity contribution in [3.05, 3.63) is 30.3 Å². The number of benzene rings is 1. The molecule has 0 heterocycles. The molecule has 3 heteroatoms. The average Bonchev–Trinajstić information content (AvgIpc) is 2.31. The van der Waals surface area contributed by atoms with Crippen LogP contribution in [0.15, 0.2) is 30.3 Å². The van der Waals surface area contributed by atoms with Gasteiger partial charge in [-0.15, -0.1) is 0 Å². The minimum Gasteiger partial charge on any atom is -0.481 e. The molecule has 1 aromatic carbocycles. The largest absolute Gasteiger partial charge is 0.481 e. The Bertz CT molecular complexity index is 350. The second-order valence-corrected chi connectivity index (χ2v) is 4.35. The van der Waals surface area contributed by atoms with Gasteiger partial charge in [-0.2, -0.15) is 0 Å². The molecule has 86 valence electrons.